The molecule has 0 radical (unpaired) electrons. The summed E-state index contributed by atoms with van der Waals surface area (Å²) in [6.45, 7) is 0. The van der Waals surface area contributed by atoms with Crippen molar-refractivity contribution in [2.24, 2.45) is 0 Å². The predicted octanol–water partition coefficient (Wildman–Crippen LogP) is 1.07. The maximum absolute atomic E-state index is 10.0. The Morgan fingerprint density at radius 3 is 2.30 bits per heavy atom. The molecule has 0 spiro atoms. The second-order valence-corrected chi connectivity index (χ2v) is 3.56. The molecule has 2 nitrogen and oxygen atoms in total. The average molecular weight is 206 g/mol. The van der Waals surface area contributed by atoms with Crippen molar-refractivity contribution in [3.05, 3.63) is 0 Å². The van der Waals surface area contributed by atoms with Gasteiger partial charge < -0.3 is 0 Å². The van der Waals surface area contributed by atoms with Gasteiger partial charge in [-0.3, -0.25) is 0 Å². The molecule has 0 aliphatic heterocycles. The molecule has 0 aromatic heterocycles. The third-order valence-corrected chi connectivity index (χ3v) is 2.20. The Labute approximate surface area is 70.5 Å². The Bertz CT molecular complexity index is 93.6. The molecule has 0 aromatic carbocycles. The number of unbranched alkanes of at least 4 members (excludes halogenated alkanes) is 3. The zero-order valence-corrected chi connectivity index (χ0v) is 8.60. The molecular weight excluding hydrogens is 191 g/mol. The van der Waals surface area contributed by atoms with Gasteiger partial charge >= 0.3 is 70.0 Å². The number of carboxylic acids is 1. The molecule has 1 N–H and O–H groups in total. The molecule has 0 aromatic rings. The van der Waals surface area contributed by atoms with Gasteiger partial charge in [-0.2, -0.15) is 0 Å². The molecular formula is C7H15AsO2. The Morgan fingerprint density at radius 1 is 1.20 bits per heavy atom. The second kappa shape index (κ2) is 7.14. The Balaban J connectivity index is 2.84. The van der Waals surface area contributed by atoms with Gasteiger partial charge in [0.1, 0.15) is 0 Å². The minimum absolute atomic E-state index is 0.342. The van der Waals surface area contributed by atoms with Crippen LogP contribution in [0.4, 0.5) is 0 Å². The first-order valence-corrected chi connectivity index (χ1v) is 5.40. The second-order valence-electron chi connectivity index (χ2n) is 2.35. The van der Waals surface area contributed by atoms with Gasteiger partial charge in [-0.05, 0) is 0 Å². The van der Waals surface area contributed by atoms with Crippen molar-refractivity contribution < 1.29 is 9.90 Å². The van der Waals surface area contributed by atoms with Crippen molar-refractivity contribution in [2.75, 3.05) is 0 Å². The van der Waals surface area contributed by atoms with Gasteiger partial charge in [-0.25, -0.2) is 0 Å². The number of rotatable bonds is 6. The van der Waals surface area contributed by atoms with Crippen molar-refractivity contribution in [3.63, 3.8) is 0 Å². The van der Waals surface area contributed by atoms with E-state index in [-0.39, 0.29) is 0 Å². The molecule has 10 heavy (non-hydrogen) atoms. The first-order valence-electron chi connectivity index (χ1n) is 3.69. The third kappa shape index (κ3) is 8.03. The summed E-state index contributed by atoms with van der Waals surface area (Å²) >= 11 is 1.76. The summed E-state index contributed by atoms with van der Waals surface area (Å²) in [7, 11) is 0. The standard InChI is InChI=1S/C7H15AsO2/c8-6-4-2-1-3-5-7(9)10/h1-6,8H2,(H,9,10). The SMILES string of the molecule is O=C(O)CCCCCC[AsH2]. The van der Waals surface area contributed by atoms with Crippen molar-refractivity contribution >= 4 is 22.8 Å². The summed E-state index contributed by atoms with van der Waals surface area (Å²) in [4.78, 5) is 10.0. The van der Waals surface area contributed by atoms with Gasteiger partial charge in [0, 0.05) is 0 Å². The van der Waals surface area contributed by atoms with Crippen molar-refractivity contribution in [1.82, 2.24) is 0 Å². The van der Waals surface area contributed by atoms with Gasteiger partial charge in [-0.15, -0.1) is 0 Å². The summed E-state index contributed by atoms with van der Waals surface area (Å²) in [5, 5.41) is 9.55. The van der Waals surface area contributed by atoms with Gasteiger partial charge in [0.25, 0.3) is 0 Å². The van der Waals surface area contributed by atoms with Crippen LogP contribution in [0.5, 0.6) is 0 Å². The quantitative estimate of drug-likeness (QED) is 0.521. The monoisotopic (exact) mass is 206 g/mol. The van der Waals surface area contributed by atoms with Gasteiger partial charge in [-0.1, -0.05) is 0 Å². The van der Waals surface area contributed by atoms with E-state index in [1.165, 1.54) is 18.1 Å². The van der Waals surface area contributed by atoms with Crippen LogP contribution in [0.3, 0.4) is 0 Å². The number of carboxylic acid groups (broad SMARTS) is 1. The molecule has 0 rings (SSSR count). The normalized spacial score (nSPS) is 9.70. The molecule has 60 valence electrons. The van der Waals surface area contributed by atoms with Crippen LogP contribution < -0.4 is 0 Å². The Morgan fingerprint density at radius 2 is 1.80 bits per heavy atom. The van der Waals surface area contributed by atoms with E-state index in [0.29, 0.717) is 6.42 Å². The zero-order chi connectivity index (χ0) is 7.82. The van der Waals surface area contributed by atoms with Crippen molar-refractivity contribution in [3.8, 4) is 0 Å². The molecule has 0 amide bonds. The summed E-state index contributed by atoms with van der Waals surface area (Å²) in [5.41, 5.74) is 0. The van der Waals surface area contributed by atoms with Crippen LogP contribution in [0.25, 0.3) is 0 Å². The Hall–Kier alpha value is 0.0284. The molecule has 0 aliphatic carbocycles. The molecule has 0 fully saturated rings. The van der Waals surface area contributed by atoms with Gasteiger partial charge in [0.2, 0.25) is 0 Å². The molecule has 3 heteroatoms. The number of carbonyl (C=O) groups is 1. The van der Waals surface area contributed by atoms with E-state index in [2.05, 4.69) is 0 Å². The van der Waals surface area contributed by atoms with Crippen LogP contribution in [0.2, 0.25) is 5.21 Å². The fraction of sp³-hybridized carbons (Fsp3) is 0.857. The maximum atomic E-state index is 10.0. The molecule has 0 bridgehead atoms. The van der Waals surface area contributed by atoms with E-state index < -0.39 is 5.97 Å². The molecule has 0 saturated heterocycles. The van der Waals surface area contributed by atoms with Crippen LogP contribution in [0.1, 0.15) is 32.1 Å². The Kier molecular flexibility index (Phi) is 7.16. The van der Waals surface area contributed by atoms with Crippen LogP contribution in [-0.4, -0.2) is 27.9 Å². The molecule has 1 unspecified atom stereocenters. The number of hydrogen-bond donors (Lipinski definition) is 1. The minimum atomic E-state index is -0.666. The summed E-state index contributed by atoms with van der Waals surface area (Å²) < 4.78 is 0. The predicted molar refractivity (Wildman–Crippen MR) is 44.1 cm³/mol. The molecule has 1 atom stereocenters. The third-order valence-electron chi connectivity index (χ3n) is 1.34. The first-order chi connectivity index (χ1) is 4.77. The van der Waals surface area contributed by atoms with Crippen LogP contribution >= 0.6 is 0 Å². The molecule has 0 aliphatic rings. The first kappa shape index (κ1) is 10.0. The fourth-order valence-electron chi connectivity index (χ4n) is 0.774. The van der Waals surface area contributed by atoms with E-state index in [1.54, 1.807) is 16.9 Å². The van der Waals surface area contributed by atoms with Crippen LogP contribution in [0, 0.1) is 0 Å². The van der Waals surface area contributed by atoms with Crippen molar-refractivity contribution in [1.29, 1.82) is 0 Å². The van der Waals surface area contributed by atoms with E-state index in [0.717, 1.165) is 12.8 Å². The van der Waals surface area contributed by atoms with Crippen LogP contribution in [-0.2, 0) is 4.79 Å². The van der Waals surface area contributed by atoms with E-state index in [1.807, 2.05) is 0 Å². The number of aliphatic carboxylic acids is 1. The zero-order valence-electron chi connectivity index (χ0n) is 6.18. The summed E-state index contributed by atoms with van der Waals surface area (Å²) in [6, 6.07) is 0. The topological polar surface area (TPSA) is 37.3 Å². The average Bonchev–Trinajstić information content (AvgIpc) is 1.87. The van der Waals surface area contributed by atoms with E-state index >= 15 is 0 Å². The van der Waals surface area contributed by atoms with Crippen LogP contribution in [0.15, 0.2) is 0 Å². The number of hydrogen-bond acceptors (Lipinski definition) is 1. The van der Waals surface area contributed by atoms with E-state index in [9.17, 15) is 4.79 Å². The fourth-order valence-corrected chi connectivity index (χ4v) is 1.38. The summed E-state index contributed by atoms with van der Waals surface area (Å²) in [5.74, 6) is -0.666. The summed E-state index contributed by atoms with van der Waals surface area (Å²) in [6.07, 6.45) is 4.73. The van der Waals surface area contributed by atoms with E-state index in [4.69, 9.17) is 5.11 Å². The molecule has 0 heterocycles. The molecule has 0 saturated carbocycles. The van der Waals surface area contributed by atoms with Crippen molar-refractivity contribution in [2.45, 2.75) is 37.3 Å². The van der Waals surface area contributed by atoms with Gasteiger partial charge in [0.05, 0.1) is 0 Å². The van der Waals surface area contributed by atoms with Gasteiger partial charge in [0.15, 0.2) is 0 Å².